The summed E-state index contributed by atoms with van der Waals surface area (Å²) in [7, 11) is -4.60. The first kappa shape index (κ1) is 29.9. The number of nitrogens with one attached hydrogen (secondary N) is 2. The van der Waals surface area contributed by atoms with E-state index in [-0.39, 0.29) is 49.3 Å². The highest BCUT2D eigenvalue weighted by Gasteiger charge is 2.68. The number of carbonyl (C=O) groups excluding carboxylic acids is 2. The molecular weight excluding hydrogens is 549 g/mol. The highest BCUT2D eigenvalue weighted by atomic mass is 31.2. The summed E-state index contributed by atoms with van der Waals surface area (Å²) in [5.41, 5.74) is 0.0863. The second-order valence-corrected chi connectivity index (χ2v) is 10.8. The van der Waals surface area contributed by atoms with Crippen LogP contribution in [0.4, 0.5) is 11.4 Å². The Hall–Kier alpha value is -4.12. The Morgan fingerprint density at radius 1 is 0.902 bits per heavy atom. The van der Waals surface area contributed by atoms with E-state index >= 15 is 0 Å². The molecule has 41 heavy (non-hydrogen) atoms. The summed E-state index contributed by atoms with van der Waals surface area (Å²) >= 11 is 0. The first-order valence-electron chi connectivity index (χ1n) is 13.2. The minimum absolute atomic E-state index is 0.0461. The van der Waals surface area contributed by atoms with E-state index in [2.05, 4.69) is 15.4 Å². The standard InChI is InChI=1S/C28H32N5O7P/c1-5-37-25(34)22-21-23(33(32-22)20-17-13-10-14-18-20)24(29)28(27(35)38-6-2,41(36,39-7-3)40-8-4)26(31-21)30-19-15-11-9-12-16-19/h9-18,29H,5-8H2,1-4H3,(H,30,31). The van der Waals surface area contributed by atoms with Gasteiger partial charge in [-0.05, 0) is 52.0 Å². The van der Waals surface area contributed by atoms with Crippen molar-refractivity contribution in [2.24, 2.45) is 4.99 Å². The van der Waals surface area contributed by atoms with Crippen molar-refractivity contribution in [3.8, 4) is 5.69 Å². The molecule has 13 heteroatoms. The lowest BCUT2D eigenvalue weighted by molar-refractivity contribution is -0.143. The van der Waals surface area contributed by atoms with Crippen molar-refractivity contribution >= 4 is 42.5 Å². The number of aromatic nitrogens is 2. The average molecular weight is 582 g/mol. The zero-order valence-electron chi connectivity index (χ0n) is 23.2. The third kappa shape index (κ3) is 5.21. The van der Waals surface area contributed by atoms with Gasteiger partial charge in [-0.25, -0.2) is 19.3 Å². The molecule has 1 atom stereocenters. The molecule has 2 N–H and O–H groups in total. The number of nitrogens with zero attached hydrogens (tertiary/aromatic N) is 3. The number of carbonyl (C=O) groups is 2. The molecule has 2 heterocycles. The van der Waals surface area contributed by atoms with Gasteiger partial charge < -0.3 is 29.2 Å². The third-order valence-corrected chi connectivity index (χ3v) is 8.75. The number of rotatable bonds is 11. The Kier molecular flexibility index (Phi) is 9.17. The van der Waals surface area contributed by atoms with Crippen molar-refractivity contribution in [3.63, 3.8) is 0 Å². The fourth-order valence-corrected chi connectivity index (χ4v) is 6.65. The van der Waals surface area contributed by atoms with Gasteiger partial charge in [-0.15, -0.1) is 0 Å². The van der Waals surface area contributed by atoms with Crippen molar-refractivity contribution in [3.05, 3.63) is 72.1 Å². The molecule has 0 saturated carbocycles. The van der Waals surface area contributed by atoms with E-state index in [0.717, 1.165) is 0 Å². The Bertz CT molecular complexity index is 1500. The molecule has 0 radical (unpaired) electrons. The maximum Gasteiger partial charge on any atom is 0.361 e. The number of anilines is 1. The van der Waals surface area contributed by atoms with Crippen LogP contribution in [0.5, 0.6) is 0 Å². The number of ether oxygens (including phenoxy) is 2. The number of hydrogen-bond acceptors (Lipinski definition) is 11. The van der Waals surface area contributed by atoms with Crippen LogP contribution in [-0.2, 0) is 27.9 Å². The number of aliphatic imine (C=N–C) groups is 1. The largest absolute Gasteiger partial charge is 0.464 e. The van der Waals surface area contributed by atoms with E-state index in [1.54, 1.807) is 88.4 Å². The Morgan fingerprint density at radius 2 is 1.49 bits per heavy atom. The minimum Gasteiger partial charge on any atom is -0.464 e. The van der Waals surface area contributed by atoms with E-state index in [1.807, 2.05) is 0 Å². The van der Waals surface area contributed by atoms with Crippen LogP contribution in [0, 0.1) is 5.41 Å². The summed E-state index contributed by atoms with van der Waals surface area (Å²) in [4.78, 5) is 31.8. The lowest BCUT2D eigenvalue weighted by atomic mass is 9.93. The quantitative estimate of drug-likeness (QED) is 0.231. The zero-order chi connectivity index (χ0) is 29.6. The van der Waals surface area contributed by atoms with E-state index in [4.69, 9.17) is 18.5 Å². The van der Waals surface area contributed by atoms with E-state index < -0.39 is 30.4 Å². The summed E-state index contributed by atoms with van der Waals surface area (Å²) in [5.74, 6) is -2.12. The number of esters is 2. The van der Waals surface area contributed by atoms with Gasteiger partial charge in [-0.2, -0.15) is 5.10 Å². The predicted molar refractivity (Wildman–Crippen MR) is 154 cm³/mol. The van der Waals surface area contributed by atoms with Crippen LogP contribution in [0.3, 0.4) is 0 Å². The number of benzene rings is 2. The van der Waals surface area contributed by atoms with Crippen LogP contribution in [0.2, 0.25) is 0 Å². The number of hydrogen-bond donors (Lipinski definition) is 2. The maximum atomic E-state index is 14.8. The van der Waals surface area contributed by atoms with Crippen LogP contribution in [-0.4, -0.2) is 64.9 Å². The van der Waals surface area contributed by atoms with Crippen molar-refractivity contribution in [1.29, 1.82) is 5.41 Å². The summed E-state index contributed by atoms with van der Waals surface area (Å²) in [6, 6.07) is 17.4. The molecule has 216 valence electrons. The third-order valence-electron chi connectivity index (χ3n) is 6.11. The molecule has 3 aromatic rings. The molecule has 1 aliphatic rings. The molecular formula is C28H32N5O7P. The number of fused-ring (bicyclic) bond motifs is 1. The summed E-state index contributed by atoms with van der Waals surface area (Å²) in [5, 5.41) is 14.6. The maximum absolute atomic E-state index is 14.8. The fourth-order valence-electron chi connectivity index (χ4n) is 4.48. The van der Waals surface area contributed by atoms with Gasteiger partial charge in [0.25, 0.3) is 5.16 Å². The highest BCUT2D eigenvalue weighted by Crippen LogP contribution is 2.64. The first-order chi connectivity index (χ1) is 19.8. The lowest BCUT2D eigenvalue weighted by Gasteiger charge is -2.39. The van der Waals surface area contributed by atoms with Crippen LogP contribution in [0.25, 0.3) is 5.69 Å². The molecule has 1 aromatic heterocycles. The number of amidine groups is 1. The second kappa shape index (κ2) is 12.6. The van der Waals surface area contributed by atoms with E-state index in [0.29, 0.717) is 11.4 Å². The van der Waals surface area contributed by atoms with Crippen molar-refractivity contribution in [1.82, 2.24) is 9.78 Å². The monoisotopic (exact) mass is 581 g/mol. The Morgan fingerprint density at radius 3 is 2.05 bits per heavy atom. The summed E-state index contributed by atoms with van der Waals surface area (Å²) in [6.45, 7) is 6.19. The van der Waals surface area contributed by atoms with Crippen molar-refractivity contribution < 1.29 is 32.7 Å². The molecule has 2 aromatic carbocycles. The van der Waals surface area contributed by atoms with Crippen LogP contribution >= 0.6 is 7.60 Å². The molecule has 0 fully saturated rings. The summed E-state index contributed by atoms with van der Waals surface area (Å²) < 4.78 is 38.2. The fraction of sp³-hybridized carbons (Fsp3) is 0.321. The van der Waals surface area contributed by atoms with E-state index in [9.17, 15) is 19.6 Å². The van der Waals surface area contributed by atoms with Gasteiger partial charge in [0, 0.05) is 5.69 Å². The van der Waals surface area contributed by atoms with Gasteiger partial charge >= 0.3 is 19.5 Å². The second-order valence-electron chi connectivity index (χ2n) is 8.60. The average Bonchev–Trinajstić information content (AvgIpc) is 3.34. The molecule has 0 amide bonds. The summed E-state index contributed by atoms with van der Waals surface area (Å²) in [6.07, 6.45) is 0. The Balaban J connectivity index is 2.14. The highest BCUT2D eigenvalue weighted by molar-refractivity contribution is 7.59. The van der Waals surface area contributed by atoms with Crippen LogP contribution in [0.15, 0.2) is 65.7 Å². The molecule has 12 nitrogen and oxygen atoms in total. The predicted octanol–water partition coefficient (Wildman–Crippen LogP) is 5.14. The molecule has 0 saturated heterocycles. The van der Waals surface area contributed by atoms with Gasteiger partial charge in [-0.1, -0.05) is 36.4 Å². The molecule has 4 rings (SSSR count). The van der Waals surface area contributed by atoms with Crippen LogP contribution < -0.4 is 5.32 Å². The zero-order valence-corrected chi connectivity index (χ0v) is 24.1. The SMILES string of the molecule is CCOC(=O)c1nn(-c2ccccc2)c2c1N=C(Nc1ccccc1)C(C(=O)OCC)(P(=O)(OCC)OCC)C2=N. The number of para-hydroxylation sites is 2. The van der Waals surface area contributed by atoms with Gasteiger partial charge in [0.15, 0.2) is 5.69 Å². The molecule has 0 spiro atoms. The first-order valence-corrected chi connectivity index (χ1v) is 14.8. The van der Waals surface area contributed by atoms with Crippen molar-refractivity contribution in [2.45, 2.75) is 32.9 Å². The lowest BCUT2D eigenvalue weighted by Crippen LogP contribution is -2.58. The molecule has 0 bridgehead atoms. The van der Waals surface area contributed by atoms with Gasteiger partial charge in [0.2, 0.25) is 0 Å². The van der Waals surface area contributed by atoms with Gasteiger partial charge in [0.05, 0.1) is 37.8 Å². The topological polar surface area (TPSA) is 154 Å². The Labute approximate surface area is 237 Å². The molecule has 1 unspecified atom stereocenters. The van der Waals surface area contributed by atoms with Crippen molar-refractivity contribution in [2.75, 3.05) is 31.7 Å². The van der Waals surface area contributed by atoms with Crippen LogP contribution in [0.1, 0.15) is 43.9 Å². The smallest absolute Gasteiger partial charge is 0.361 e. The van der Waals surface area contributed by atoms with Gasteiger partial charge in [0.1, 0.15) is 17.2 Å². The van der Waals surface area contributed by atoms with Gasteiger partial charge in [-0.3, -0.25) is 4.57 Å². The molecule has 1 aliphatic heterocycles. The minimum atomic E-state index is -4.60. The van der Waals surface area contributed by atoms with E-state index in [1.165, 1.54) is 4.68 Å². The normalized spacial score (nSPS) is 16.5. The molecule has 0 aliphatic carbocycles.